The first-order chi connectivity index (χ1) is 8.06. The highest BCUT2D eigenvalue weighted by atomic mass is 35.5. The molecule has 0 unspecified atom stereocenters. The molecule has 0 saturated carbocycles. The monoisotopic (exact) mass is 252 g/mol. The van der Waals surface area contributed by atoms with Crippen LogP contribution in [0.2, 0.25) is 5.02 Å². The van der Waals surface area contributed by atoms with Gasteiger partial charge in [0.25, 0.3) is 6.01 Å². The van der Waals surface area contributed by atoms with E-state index in [2.05, 4.69) is 10.3 Å². The summed E-state index contributed by atoms with van der Waals surface area (Å²) in [6, 6.07) is 7.03. The van der Waals surface area contributed by atoms with E-state index in [-0.39, 0.29) is 11.8 Å². The first kappa shape index (κ1) is 11.5. The first-order valence-electron chi connectivity index (χ1n) is 4.79. The largest absolute Gasteiger partial charge is 0.475 e. The predicted octanol–water partition coefficient (Wildman–Crippen LogP) is 3.08. The van der Waals surface area contributed by atoms with E-state index in [1.54, 1.807) is 31.2 Å². The molecule has 2 N–H and O–H groups in total. The van der Waals surface area contributed by atoms with Gasteiger partial charge >= 0.3 is 5.97 Å². The Morgan fingerprint density at radius 3 is 2.59 bits per heavy atom. The van der Waals surface area contributed by atoms with Crippen molar-refractivity contribution >= 4 is 29.3 Å². The Morgan fingerprint density at radius 2 is 2.06 bits per heavy atom. The number of nitrogens with one attached hydrogen (secondary N) is 1. The van der Waals surface area contributed by atoms with Crippen molar-refractivity contribution in [1.29, 1.82) is 0 Å². The minimum atomic E-state index is -1.14. The van der Waals surface area contributed by atoms with Crippen LogP contribution >= 0.6 is 11.6 Å². The SMILES string of the molecule is Cc1nc(Nc2ccc(Cl)cc2)oc1C(=O)O. The van der Waals surface area contributed by atoms with Crippen molar-refractivity contribution in [1.82, 2.24) is 4.98 Å². The summed E-state index contributed by atoms with van der Waals surface area (Å²) in [6.07, 6.45) is 0. The van der Waals surface area contributed by atoms with Crippen LogP contribution in [0.3, 0.4) is 0 Å². The molecule has 6 heteroatoms. The van der Waals surface area contributed by atoms with Crippen LogP contribution in [0.25, 0.3) is 0 Å². The van der Waals surface area contributed by atoms with Gasteiger partial charge in [-0.15, -0.1) is 0 Å². The van der Waals surface area contributed by atoms with Crippen LogP contribution in [0.15, 0.2) is 28.7 Å². The van der Waals surface area contributed by atoms with E-state index in [4.69, 9.17) is 21.1 Å². The number of nitrogens with zero attached hydrogens (tertiary/aromatic N) is 1. The number of anilines is 2. The van der Waals surface area contributed by atoms with E-state index in [0.29, 0.717) is 16.4 Å². The van der Waals surface area contributed by atoms with Gasteiger partial charge in [0, 0.05) is 10.7 Å². The first-order valence-corrected chi connectivity index (χ1v) is 5.17. The summed E-state index contributed by atoms with van der Waals surface area (Å²) in [6.45, 7) is 1.57. The molecule has 0 bridgehead atoms. The molecule has 5 nitrogen and oxygen atoms in total. The van der Waals surface area contributed by atoms with E-state index in [0.717, 1.165) is 0 Å². The number of aromatic carboxylic acids is 1. The van der Waals surface area contributed by atoms with E-state index < -0.39 is 5.97 Å². The fourth-order valence-electron chi connectivity index (χ4n) is 1.31. The van der Waals surface area contributed by atoms with Crippen molar-refractivity contribution in [3.8, 4) is 0 Å². The smallest absolute Gasteiger partial charge is 0.373 e. The third-order valence-electron chi connectivity index (χ3n) is 2.09. The van der Waals surface area contributed by atoms with Crippen molar-refractivity contribution in [2.24, 2.45) is 0 Å². The van der Waals surface area contributed by atoms with Gasteiger partial charge in [-0.1, -0.05) is 11.6 Å². The van der Waals surface area contributed by atoms with E-state index in [1.165, 1.54) is 0 Å². The second-order valence-electron chi connectivity index (χ2n) is 3.37. The zero-order valence-corrected chi connectivity index (χ0v) is 9.65. The van der Waals surface area contributed by atoms with Gasteiger partial charge in [-0.05, 0) is 31.2 Å². The minimum Gasteiger partial charge on any atom is -0.475 e. The quantitative estimate of drug-likeness (QED) is 0.878. The van der Waals surface area contributed by atoms with Crippen molar-refractivity contribution in [3.05, 3.63) is 40.7 Å². The number of halogens is 1. The number of hydrogen-bond acceptors (Lipinski definition) is 4. The molecule has 1 aromatic carbocycles. The summed E-state index contributed by atoms with van der Waals surface area (Å²) in [5, 5.41) is 12.3. The van der Waals surface area contributed by atoms with Crippen molar-refractivity contribution in [2.75, 3.05) is 5.32 Å². The van der Waals surface area contributed by atoms with Gasteiger partial charge in [-0.25, -0.2) is 4.79 Å². The van der Waals surface area contributed by atoms with Gasteiger partial charge in [0.1, 0.15) is 0 Å². The van der Waals surface area contributed by atoms with Crippen LogP contribution in [-0.2, 0) is 0 Å². The molecule has 0 spiro atoms. The Hall–Kier alpha value is -2.01. The number of benzene rings is 1. The highest BCUT2D eigenvalue weighted by Crippen LogP contribution is 2.20. The summed E-state index contributed by atoms with van der Waals surface area (Å²) in [4.78, 5) is 14.7. The lowest BCUT2D eigenvalue weighted by atomic mass is 10.3. The van der Waals surface area contributed by atoms with E-state index in [1.807, 2.05) is 0 Å². The molecule has 0 amide bonds. The van der Waals surface area contributed by atoms with Crippen LogP contribution in [0, 0.1) is 6.92 Å². The second kappa shape index (κ2) is 4.47. The van der Waals surface area contributed by atoms with E-state index >= 15 is 0 Å². The number of aryl methyl sites for hydroxylation is 1. The highest BCUT2D eigenvalue weighted by molar-refractivity contribution is 6.30. The maximum absolute atomic E-state index is 10.8. The van der Waals surface area contributed by atoms with Gasteiger partial charge in [0.05, 0.1) is 5.69 Å². The van der Waals surface area contributed by atoms with E-state index in [9.17, 15) is 4.79 Å². The number of rotatable bonds is 3. The third kappa shape index (κ3) is 2.57. The molecule has 0 fully saturated rings. The van der Waals surface area contributed by atoms with Gasteiger partial charge < -0.3 is 14.8 Å². The van der Waals surface area contributed by atoms with Crippen LogP contribution in [-0.4, -0.2) is 16.1 Å². The molecule has 2 aromatic rings. The van der Waals surface area contributed by atoms with Crippen molar-refractivity contribution in [3.63, 3.8) is 0 Å². The number of hydrogen-bond donors (Lipinski definition) is 2. The molecule has 1 heterocycles. The lowest BCUT2D eigenvalue weighted by molar-refractivity contribution is 0.0662. The summed E-state index contributed by atoms with van der Waals surface area (Å²) in [7, 11) is 0. The number of oxazole rings is 1. The number of aromatic nitrogens is 1. The van der Waals surface area contributed by atoms with Gasteiger partial charge in [-0.3, -0.25) is 0 Å². The molecule has 1 aromatic heterocycles. The number of carboxylic acid groups (broad SMARTS) is 1. The maximum atomic E-state index is 10.8. The molecule has 0 radical (unpaired) electrons. The zero-order chi connectivity index (χ0) is 12.4. The van der Waals surface area contributed by atoms with Crippen LogP contribution in [0.4, 0.5) is 11.7 Å². The summed E-state index contributed by atoms with van der Waals surface area (Å²) in [5.74, 6) is -1.30. The third-order valence-corrected chi connectivity index (χ3v) is 2.34. The topological polar surface area (TPSA) is 75.4 Å². The Labute approximate surface area is 102 Å². The molecule has 0 aliphatic heterocycles. The Balaban J connectivity index is 2.22. The molecular weight excluding hydrogens is 244 g/mol. The highest BCUT2D eigenvalue weighted by Gasteiger charge is 2.15. The molecule has 0 saturated heterocycles. The van der Waals surface area contributed by atoms with Crippen molar-refractivity contribution in [2.45, 2.75) is 6.92 Å². The average molecular weight is 253 g/mol. The molecule has 0 aliphatic rings. The molecule has 17 heavy (non-hydrogen) atoms. The summed E-state index contributed by atoms with van der Waals surface area (Å²) in [5.41, 5.74) is 1.04. The molecule has 88 valence electrons. The van der Waals surface area contributed by atoms with Crippen LogP contribution in [0.5, 0.6) is 0 Å². The predicted molar refractivity (Wildman–Crippen MR) is 62.9 cm³/mol. The second-order valence-corrected chi connectivity index (χ2v) is 3.81. The zero-order valence-electron chi connectivity index (χ0n) is 8.90. The molecular formula is C11H9ClN2O3. The summed E-state index contributed by atoms with van der Waals surface area (Å²) >= 11 is 5.74. The molecule has 0 atom stereocenters. The normalized spacial score (nSPS) is 10.2. The standard InChI is InChI=1S/C11H9ClN2O3/c1-6-9(10(15)16)17-11(13-6)14-8-4-2-7(12)3-5-8/h2-5H,1H3,(H,13,14)(H,15,16). The average Bonchev–Trinajstić information content (AvgIpc) is 2.63. The molecule has 0 aliphatic carbocycles. The van der Waals surface area contributed by atoms with Crippen molar-refractivity contribution < 1.29 is 14.3 Å². The van der Waals surface area contributed by atoms with Gasteiger partial charge in [-0.2, -0.15) is 4.98 Å². The van der Waals surface area contributed by atoms with Crippen LogP contribution < -0.4 is 5.32 Å². The Kier molecular flexibility index (Phi) is 3.01. The molecule has 2 rings (SSSR count). The Morgan fingerprint density at radius 1 is 1.41 bits per heavy atom. The number of carbonyl (C=O) groups is 1. The minimum absolute atomic E-state index is 0.141. The number of carboxylic acids is 1. The van der Waals surface area contributed by atoms with Gasteiger partial charge in [0.2, 0.25) is 5.76 Å². The lowest BCUT2D eigenvalue weighted by Crippen LogP contribution is -1.95. The fraction of sp³-hybridized carbons (Fsp3) is 0.0909. The fourth-order valence-corrected chi connectivity index (χ4v) is 1.43. The van der Waals surface area contributed by atoms with Crippen LogP contribution in [0.1, 0.15) is 16.2 Å². The van der Waals surface area contributed by atoms with Gasteiger partial charge in [0.15, 0.2) is 0 Å². The maximum Gasteiger partial charge on any atom is 0.373 e. The lowest BCUT2D eigenvalue weighted by Gasteiger charge is -2.00. The summed E-state index contributed by atoms with van der Waals surface area (Å²) < 4.78 is 5.06. The Bertz CT molecular complexity index is 548.